The van der Waals surface area contributed by atoms with Crippen LogP contribution in [0.4, 0.5) is 5.69 Å². The smallest absolute Gasteiger partial charge is 0.142 e. The third-order valence-electron chi connectivity index (χ3n) is 1.33. The maximum atomic E-state index is 8.59. The number of hydrogen-bond acceptors (Lipinski definition) is 3. The molecule has 10 heavy (non-hydrogen) atoms. The molecule has 0 saturated heterocycles. The van der Waals surface area contributed by atoms with E-state index in [9.17, 15) is 0 Å². The maximum Gasteiger partial charge on any atom is 0.142 e. The molecule has 0 fully saturated rings. The second kappa shape index (κ2) is 2.73. The third kappa shape index (κ3) is 1.29. The molecule has 0 aliphatic rings. The summed E-state index contributed by atoms with van der Waals surface area (Å²) in [6.45, 7) is 0. The fourth-order valence-corrected chi connectivity index (χ4v) is 0.788. The van der Waals surface area contributed by atoms with Gasteiger partial charge in [-0.05, 0) is 6.07 Å². The van der Waals surface area contributed by atoms with Crippen molar-refractivity contribution >= 4 is 19.0 Å². The highest BCUT2D eigenvalue weighted by atomic mass is 16.8. The van der Waals surface area contributed by atoms with Gasteiger partial charge < -0.3 is 0 Å². The highest BCUT2D eigenvalue weighted by molar-refractivity contribution is 6.35. The SMILES string of the molecule is Bc1ccccc1N(O)O. The van der Waals surface area contributed by atoms with Crippen LogP contribution in [0.2, 0.25) is 0 Å². The topological polar surface area (TPSA) is 43.7 Å². The molecule has 1 aromatic rings. The summed E-state index contributed by atoms with van der Waals surface area (Å²) < 4.78 is 0. The van der Waals surface area contributed by atoms with Gasteiger partial charge in [0.25, 0.3) is 0 Å². The van der Waals surface area contributed by atoms with Gasteiger partial charge in [-0.3, -0.25) is 10.4 Å². The predicted octanol–water partition coefficient (Wildman–Crippen LogP) is -0.470. The van der Waals surface area contributed by atoms with Gasteiger partial charge in [-0.15, -0.1) is 5.23 Å². The monoisotopic (exact) mass is 137 g/mol. The number of para-hydroxylation sites is 1. The first kappa shape index (κ1) is 7.12. The van der Waals surface area contributed by atoms with E-state index >= 15 is 0 Å². The molecule has 1 aromatic carbocycles. The Hall–Kier alpha value is -0.995. The van der Waals surface area contributed by atoms with Crippen LogP contribution in [-0.2, 0) is 0 Å². The molecule has 0 saturated carbocycles. The molecule has 0 heterocycles. The zero-order valence-electron chi connectivity index (χ0n) is 5.65. The van der Waals surface area contributed by atoms with E-state index in [1.54, 1.807) is 26.0 Å². The molecule has 0 aliphatic carbocycles. The standard InChI is InChI=1S/C6H8BNO2/c7-5-3-1-2-4-6(5)8(9)10/h1-4,9-10H,7H2. The molecule has 0 atom stereocenters. The number of anilines is 1. The van der Waals surface area contributed by atoms with E-state index in [1.165, 1.54) is 0 Å². The van der Waals surface area contributed by atoms with Crippen LogP contribution in [0, 0.1) is 0 Å². The van der Waals surface area contributed by atoms with Gasteiger partial charge in [0.05, 0.1) is 5.69 Å². The molecule has 0 unspecified atom stereocenters. The largest absolute Gasteiger partial charge is 0.264 e. The van der Waals surface area contributed by atoms with Gasteiger partial charge in [0.1, 0.15) is 7.85 Å². The number of hydrogen-bond donors (Lipinski definition) is 2. The normalized spacial score (nSPS) is 9.40. The summed E-state index contributed by atoms with van der Waals surface area (Å²) in [6, 6.07) is 6.99. The molecule has 0 bridgehead atoms. The van der Waals surface area contributed by atoms with Crippen LogP contribution in [0.1, 0.15) is 0 Å². The highest BCUT2D eigenvalue weighted by Crippen LogP contribution is 2.03. The van der Waals surface area contributed by atoms with Gasteiger partial charge in [0.2, 0.25) is 0 Å². The van der Waals surface area contributed by atoms with E-state index in [4.69, 9.17) is 10.4 Å². The Morgan fingerprint density at radius 2 is 1.80 bits per heavy atom. The molecular formula is C6H8BNO2. The first-order valence-corrected chi connectivity index (χ1v) is 2.95. The van der Waals surface area contributed by atoms with E-state index < -0.39 is 0 Å². The van der Waals surface area contributed by atoms with Crippen molar-refractivity contribution in [3.63, 3.8) is 0 Å². The number of rotatable bonds is 1. The van der Waals surface area contributed by atoms with E-state index in [0.717, 1.165) is 5.46 Å². The van der Waals surface area contributed by atoms with Crippen molar-refractivity contribution in [3.05, 3.63) is 24.3 Å². The van der Waals surface area contributed by atoms with E-state index in [1.807, 2.05) is 6.07 Å². The summed E-state index contributed by atoms with van der Waals surface area (Å²) in [4.78, 5) is 0. The van der Waals surface area contributed by atoms with Gasteiger partial charge in [-0.2, -0.15) is 0 Å². The van der Waals surface area contributed by atoms with Crippen LogP contribution in [0.15, 0.2) is 24.3 Å². The molecular weight excluding hydrogens is 129 g/mol. The Morgan fingerprint density at radius 3 is 2.20 bits per heavy atom. The van der Waals surface area contributed by atoms with Crippen molar-refractivity contribution in [2.45, 2.75) is 0 Å². The van der Waals surface area contributed by atoms with Crippen LogP contribution in [0.5, 0.6) is 0 Å². The lowest BCUT2D eigenvalue weighted by Gasteiger charge is -2.09. The van der Waals surface area contributed by atoms with Crippen LogP contribution in [0.25, 0.3) is 0 Å². The Balaban J connectivity index is 3.03. The molecule has 3 nitrogen and oxygen atoms in total. The Morgan fingerprint density at radius 1 is 1.20 bits per heavy atom. The molecule has 0 radical (unpaired) electrons. The van der Waals surface area contributed by atoms with E-state index in [0.29, 0.717) is 5.69 Å². The van der Waals surface area contributed by atoms with Crippen molar-refractivity contribution in [1.29, 1.82) is 0 Å². The molecule has 52 valence electrons. The Kier molecular flexibility index (Phi) is 1.94. The van der Waals surface area contributed by atoms with Gasteiger partial charge >= 0.3 is 0 Å². The second-order valence-corrected chi connectivity index (χ2v) is 2.08. The minimum atomic E-state index is 0.120. The molecule has 0 spiro atoms. The quantitative estimate of drug-likeness (QED) is 0.406. The number of benzene rings is 1. The molecule has 2 N–H and O–H groups in total. The summed E-state index contributed by atoms with van der Waals surface area (Å²) >= 11 is 0. The maximum absolute atomic E-state index is 8.59. The summed E-state index contributed by atoms with van der Waals surface area (Å²) in [5, 5.41) is 17.3. The lowest BCUT2D eigenvalue weighted by atomic mass is 9.94. The highest BCUT2D eigenvalue weighted by Gasteiger charge is 1.99. The fourth-order valence-electron chi connectivity index (χ4n) is 0.788. The molecule has 4 heteroatoms. The van der Waals surface area contributed by atoms with Gasteiger partial charge in [-0.1, -0.05) is 23.7 Å². The van der Waals surface area contributed by atoms with E-state index in [2.05, 4.69) is 0 Å². The zero-order chi connectivity index (χ0) is 7.56. The predicted molar refractivity (Wildman–Crippen MR) is 40.7 cm³/mol. The van der Waals surface area contributed by atoms with Crippen LogP contribution >= 0.6 is 0 Å². The lowest BCUT2D eigenvalue weighted by molar-refractivity contribution is 0.0297. The molecule has 0 amide bonds. The average Bonchev–Trinajstić information content (AvgIpc) is 1.88. The van der Waals surface area contributed by atoms with Gasteiger partial charge in [-0.25, -0.2) is 0 Å². The Bertz CT molecular complexity index is 227. The van der Waals surface area contributed by atoms with Crippen molar-refractivity contribution in [3.8, 4) is 0 Å². The molecule has 0 aliphatic heterocycles. The van der Waals surface area contributed by atoms with Crippen molar-refractivity contribution in [1.82, 2.24) is 0 Å². The van der Waals surface area contributed by atoms with Crippen LogP contribution in [-0.4, -0.2) is 18.3 Å². The Labute approximate surface area is 59.8 Å². The van der Waals surface area contributed by atoms with Gasteiger partial charge in [0.15, 0.2) is 0 Å². The van der Waals surface area contributed by atoms with Crippen LogP contribution in [0.3, 0.4) is 0 Å². The number of nitrogens with zero attached hydrogens (tertiary/aromatic N) is 1. The van der Waals surface area contributed by atoms with Crippen molar-refractivity contribution < 1.29 is 10.4 Å². The summed E-state index contributed by atoms with van der Waals surface area (Å²) in [5.74, 6) is 0. The first-order chi connectivity index (χ1) is 4.72. The first-order valence-electron chi connectivity index (χ1n) is 2.95. The minimum absolute atomic E-state index is 0.120. The third-order valence-corrected chi connectivity index (χ3v) is 1.33. The lowest BCUT2D eigenvalue weighted by Crippen LogP contribution is -2.19. The summed E-state index contributed by atoms with van der Waals surface area (Å²) in [7, 11) is 1.80. The van der Waals surface area contributed by atoms with E-state index in [-0.39, 0.29) is 5.23 Å². The zero-order valence-corrected chi connectivity index (χ0v) is 5.65. The van der Waals surface area contributed by atoms with Crippen molar-refractivity contribution in [2.24, 2.45) is 0 Å². The summed E-state index contributed by atoms with van der Waals surface area (Å²) in [6.07, 6.45) is 0. The van der Waals surface area contributed by atoms with Crippen LogP contribution < -0.4 is 10.7 Å². The van der Waals surface area contributed by atoms with Crippen molar-refractivity contribution in [2.75, 3.05) is 5.23 Å². The molecule has 1 rings (SSSR count). The fraction of sp³-hybridized carbons (Fsp3) is 0. The summed E-state index contributed by atoms with van der Waals surface area (Å²) in [5.41, 5.74) is 1.23. The minimum Gasteiger partial charge on any atom is -0.264 e. The van der Waals surface area contributed by atoms with Gasteiger partial charge in [0, 0.05) is 0 Å². The average molecular weight is 137 g/mol. The molecule has 0 aromatic heterocycles. The second-order valence-electron chi connectivity index (χ2n) is 2.08.